The van der Waals surface area contributed by atoms with Gasteiger partial charge in [-0.15, -0.1) is 0 Å². The molecular formula is C15H21N3O2. The lowest BCUT2D eigenvalue weighted by Crippen LogP contribution is -2.39. The number of carbonyl (C=O) groups is 2. The van der Waals surface area contributed by atoms with E-state index in [9.17, 15) is 9.59 Å². The zero-order valence-electron chi connectivity index (χ0n) is 12.0. The van der Waals surface area contributed by atoms with Crippen molar-refractivity contribution in [3.8, 4) is 0 Å². The van der Waals surface area contributed by atoms with Crippen LogP contribution in [-0.2, 0) is 4.79 Å². The third kappa shape index (κ3) is 2.92. The van der Waals surface area contributed by atoms with Gasteiger partial charge in [0.1, 0.15) is 0 Å². The van der Waals surface area contributed by atoms with Crippen LogP contribution in [0.1, 0.15) is 30.1 Å². The maximum absolute atomic E-state index is 11.6. The molecule has 0 bridgehead atoms. The quantitative estimate of drug-likeness (QED) is 0.646. The second-order valence-corrected chi connectivity index (χ2v) is 5.20. The maximum atomic E-state index is 11.6. The molecule has 1 aliphatic rings. The van der Waals surface area contributed by atoms with Crippen molar-refractivity contribution in [3.63, 3.8) is 0 Å². The minimum atomic E-state index is -0.0235. The minimum Gasteiger partial charge on any atom is -0.398 e. The van der Waals surface area contributed by atoms with Crippen molar-refractivity contribution in [2.24, 2.45) is 5.92 Å². The van der Waals surface area contributed by atoms with Gasteiger partial charge in [0.15, 0.2) is 5.78 Å². The van der Waals surface area contributed by atoms with Crippen LogP contribution in [-0.4, -0.2) is 31.8 Å². The molecule has 0 saturated carbocycles. The van der Waals surface area contributed by atoms with Gasteiger partial charge >= 0.3 is 0 Å². The van der Waals surface area contributed by atoms with Crippen molar-refractivity contribution < 1.29 is 9.59 Å². The molecular weight excluding hydrogens is 254 g/mol. The summed E-state index contributed by atoms with van der Waals surface area (Å²) in [5.41, 5.74) is 7.89. The van der Waals surface area contributed by atoms with Crippen LogP contribution >= 0.6 is 0 Å². The van der Waals surface area contributed by atoms with Gasteiger partial charge in [-0.05, 0) is 38.0 Å². The molecule has 0 unspecified atom stereocenters. The number of nitrogen functional groups attached to an aromatic ring is 1. The number of carbonyl (C=O) groups excluding carboxylic acids is 2. The monoisotopic (exact) mass is 275 g/mol. The highest BCUT2D eigenvalue weighted by Crippen LogP contribution is 2.26. The van der Waals surface area contributed by atoms with Crippen molar-refractivity contribution in [3.05, 3.63) is 23.8 Å². The number of Topliss-reactive ketones (excluding diaryl/α,β-unsaturated/α-hetero) is 1. The molecule has 1 amide bonds. The van der Waals surface area contributed by atoms with E-state index in [-0.39, 0.29) is 17.6 Å². The average Bonchev–Trinajstić information content (AvgIpc) is 2.47. The molecule has 0 atom stereocenters. The zero-order chi connectivity index (χ0) is 14.7. The van der Waals surface area contributed by atoms with Crippen LogP contribution in [0.3, 0.4) is 0 Å². The van der Waals surface area contributed by atoms with E-state index in [2.05, 4.69) is 10.2 Å². The Labute approximate surface area is 119 Å². The van der Waals surface area contributed by atoms with E-state index < -0.39 is 0 Å². The number of hydrogen-bond acceptors (Lipinski definition) is 4. The first-order valence-electron chi connectivity index (χ1n) is 6.90. The summed E-state index contributed by atoms with van der Waals surface area (Å²) >= 11 is 0. The van der Waals surface area contributed by atoms with Crippen molar-refractivity contribution >= 4 is 23.1 Å². The summed E-state index contributed by atoms with van der Waals surface area (Å²) in [4.78, 5) is 25.3. The van der Waals surface area contributed by atoms with E-state index >= 15 is 0 Å². The smallest absolute Gasteiger partial charge is 0.222 e. The van der Waals surface area contributed by atoms with Gasteiger partial charge in [-0.3, -0.25) is 9.59 Å². The standard InChI is InChI=1S/C15H21N3O2/c1-10(19)13-9-12(3-4-14(13)16)18-7-5-11(6-8-18)15(20)17-2/h3-4,9,11H,5-8,16H2,1-2H3,(H,17,20). The van der Waals surface area contributed by atoms with Crippen molar-refractivity contribution in [2.75, 3.05) is 30.8 Å². The molecule has 3 N–H and O–H groups in total. The van der Waals surface area contributed by atoms with Gasteiger partial charge < -0.3 is 16.0 Å². The fraction of sp³-hybridized carbons (Fsp3) is 0.467. The van der Waals surface area contributed by atoms with Gasteiger partial charge in [-0.25, -0.2) is 0 Å². The molecule has 5 heteroatoms. The lowest BCUT2D eigenvalue weighted by molar-refractivity contribution is -0.125. The molecule has 0 spiro atoms. The first-order chi connectivity index (χ1) is 9.52. The van der Waals surface area contributed by atoms with Crippen LogP contribution in [0.15, 0.2) is 18.2 Å². The van der Waals surface area contributed by atoms with Gasteiger partial charge in [-0.2, -0.15) is 0 Å². The maximum Gasteiger partial charge on any atom is 0.222 e. The summed E-state index contributed by atoms with van der Waals surface area (Å²) in [6, 6.07) is 5.55. The second-order valence-electron chi connectivity index (χ2n) is 5.20. The third-order valence-electron chi connectivity index (χ3n) is 3.89. The molecule has 1 aromatic rings. The Bertz CT molecular complexity index is 520. The highest BCUT2D eigenvalue weighted by molar-refractivity contribution is 6.00. The molecule has 1 aromatic carbocycles. The molecule has 0 aliphatic carbocycles. The summed E-state index contributed by atoms with van der Waals surface area (Å²) in [6.45, 7) is 3.16. The predicted molar refractivity (Wildman–Crippen MR) is 79.9 cm³/mol. The normalized spacial score (nSPS) is 16.0. The Morgan fingerprint density at radius 2 is 1.95 bits per heavy atom. The van der Waals surface area contributed by atoms with E-state index in [0.717, 1.165) is 31.6 Å². The average molecular weight is 275 g/mol. The van der Waals surface area contributed by atoms with Crippen LogP contribution in [0.4, 0.5) is 11.4 Å². The Kier molecular flexibility index (Phi) is 4.27. The van der Waals surface area contributed by atoms with Gasteiger partial charge in [0.2, 0.25) is 5.91 Å². The summed E-state index contributed by atoms with van der Waals surface area (Å²) in [5, 5.41) is 2.70. The van der Waals surface area contributed by atoms with Crippen LogP contribution in [0, 0.1) is 5.92 Å². The molecule has 1 heterocycles. The third-order valence-corrected chi connectivity index (χ3v) is 3.89. The van der Waals surface area contributed by atoms with E-state index in [1.165, 1.54) is 6.92 Å². The van der Waals surface area contributed by atoms with Gasteiger partial charge in [0.05, 0.1) is 0 Å². The van der Waals surface area contributed by atoms with Gasteiger partial charge in [0, 0.05) is 43.0 Å². The van der Waals surface area contributed by atoms with E-state index in [0.29, 0.717) is 11.3 Å². The Morgan fingerprint density at radius 1 is 1.30 bits per heavy atom. The van der Waals surface area contributed by atoms with E-state index in [1.807, 2.05) is 12.1 Å². The minimum absolute atomic E-state index is 0.0235. The number of anilines is 2. The Morgan fingerprint density at radius 3 is 2.50 bits per heavy atom. The summed E-state index contributed by atoms with van der Waals surface area (Å²) in [7, 11) is 1.67. The summed E-state index contributed by atoms with van der Waals surface area (Å²) in [5.74, 6) is 0.188. The molecule has 108 valence electrons. The molecule has 2 rings (SSSR count). The SMILES string of the molecule is CNC(=O)C1CCN(c2ccc(N)c(C(C)=O)c2)CC1. The van der Waals surface area contributed by atoms with Crippen LogP contribution in [0.5, 0.6) is 0 Å². The number of nitrogens with zero attached hydrogens (tertiary/aromatic N) is 1. The number of rotatable bonds is 3. The van der Waals surface area contributed by atoms with Crippen LogP contribution < -0.4 is 16.0 Å². The number of hydrogen-bond donors (Lipinski definition) is 2. The van der Waals surface area contributed by atoms with Crippen LogP contribution in [0.2, 0.25) is 0 Å². The molecule has 0 aromatic heterocycles. The van der Waals surface area contributed by atoms with Gasteiger partial charge in [-0.1, -0.05) is 0 Å². The number of piperidine rings is 1. The zero-order valence-corrected chi connectivity index (χ0v) is 12.0. The van der Waals surface area contributed by atoms with E-state index in [4.69, 9.17) is 5.73 Å². The summed E-state index contributed by atoms with van der Waals surface area (Å²) < 4.78 is 0. The number of nitrogens with two attached hydrogens (primary N) is 1. The largest absolute Gasteiger partial charge is 0.398 e. The van der Waals surface area contributed by atoms with Crippen molar-refractivity contribution in [2.45, 2.75) is 19.8 Å². The van der Waals surface area contributed by atoms with Crippen LogP contribution in [0.25, 0.3) is 0 Å². The lowest BCUT2D eigenvalue weighted by Gasteiger charge is -2.33. The molecule has 1 aliphatic heterocycles. The first-order valence-corrected chi connectivity index (χ1v) is 6.90. The fourth-order valence-corrected chi connectivity index (χ4v) is 2.65. The molecule has 5 nitrogen and oxygen atoms in total. The molecule has 1 saturated heterocycles. The van der Waals surface area contributed by atoms with Gasteiger partial charge in [0.25, 0.3) is 0 Å². The highest BCUT2D eigenvalue weighted by Gasteiger charge is 2.24. The highest BCUT2D eigenvalue weighted by atomic mass is 16.1. The van der Waals surface area contributed by atoms with Crippen molar-refractivity contribution in [1.82, 2.24) is 5.32 Å². The predicted octanol–water partition coefficient (Wildman–Crippen LogP) is 1.43. The second kappa shape index (κ2) is 5.94. The Balaban J connectivity index is 2.09. The van der Waals surface area contributed by atoms with Crippen molar-refractivity contribution in [1.29, 1.82) is 0 Å². The van der Waals surface area contributed by atoms with E-state index in [1.54, 1.807) is 13.1 Å². The first kappa shape index (κ1) is 14.4. The fourth-order valence-electron chi connectivity index (χ4n) is 2.65. The molecule has 1 fully saturated rings. The number of amides is 1. The summed E-state index contributed by atoms with van der Waals surface area (Å²) in [6.07, 6.45) is 1.67. The Hall–Kier alpha value is -2.04. The topological polar surface area (TPSA) is 75.4 Å². The number of ketones is 1. The number of nitrogens with one attached hydrogen (secondary N) is 1. The molecule has 0 radical (unpaired) electrons. The lowest BCUT2D eigenvalue weighted by atomic mass is 9.95. The molecule has 20 heavy (non-hydrogen) atoms. The number of benzene rings is 1.